The lowest BCUT2D eigenvalue weighted by Crippen LogP contribution is -2.47. The Hall–Kier alpha value is -2.59. The smallest absolute Gasteiger partial charge is 0.198 e. The zero-order valence-corrected chi connectivity index (χ0v) is 16.2. The van der Waals surface area contributed by atoms with Gasteiger partial charge in [-0.05, 0) is 49.9 Å². The van der Waals surface area contributed by atoms with Crippen LogP contribution in [0.4, 0.5) is 0 Å². The van der Waals surface area contributed by atoms with Gasteiger partial charge in [-0.15, -0.1) is 0 Å². The number of Topliss-reactive ketones (excluding diaryl/α,β-unsaturated/α-hetero) is 1. The van der Waals surface area contributed by atoms with Crippen LogP contribution in [0.25, 0.3) is 22.1 Å². The van der Waals surface area contributed by atoms with E-state index in [0.29, 0.717) is 24.0 Å². The first-order valence-corrected chi connectivity index (χ1v) is 10.1. The summed E-state index contributed by atoms with van der Waals surface area (Å²) in [6, 6.07) is 15.8. The fraction of sp³-hybridized carbons (Fsp3) is 0.375. The topological polar surface area (TPSA) is 42.7 Å². The number of para-hydroxylation sites is 2. The van der Waals surface area contributed by atoms with Gasteiger partial charge in [0.05, 0.1) is 7.11 Å². The quantitative estimate of drug-likeness (QED) is 0.587. The van der Waals surface area contributed by atoms with Crippen molar-refractivity contribution in [2.24, 2.45) is 11.8 Å². The Bertz CT molecular complexity index is 1010. The maximum atomic E-state index is 13.0. The van der Waals surface area contributed by atoms with Gasteiger partial charge in [-0.3, -0.25) is 4.79 Å². The number of ether oxygens (including phenoxy) is 1. The first-order chi connectivity index (χ1) is 13.7. The molecule has 3 aromatic rings. The molecule has 4 heteroatoms. The summed E-state index contributed by atoms with van der Waals surface area (Å²) in [6.07, 6.45) is 3.05. The monoisotopic (exact) mass is 375 g/mol. The summed E-state index contributed by atoms with van der Waals surface area (Å²) in [5, 5.41) is 0.959. The first-order valence-electron chi connectivity index (χ1n) is 10.1. The molecule has 2 aromatic carbocycles. The number of hydrogen-bond acceptors (Lipinski definition) is 4. The maximum Gasteiger partial charge on any atom is 0.198 e. The SMILES string of the molecule is COc1ccccc1-c1cccc2cc(C(=O)C[C@H]3CN4CCC3CC4)oc12. The summed E-state index contributed by atoms with van der Waals surface area (Å²) < 4.78 is 11.6. The number of benzene rings is 2. The van der Waals surface area contributed by atoms with Crippen LogP contribution in [0.5, 0.6) is 5.75 Å². The maximum absolute atomic E-state index is 13.0. The van der Waals surface area contributed by atoms with Gasteiger partial charge >= 0.3 is 0 Å². The molecule has 0 radical (unpaired) electrons. The van der Waals surface area contributed by atoms with Gasteiger partial charge < -0.3 is 14.1 Å². The number of carbonyl (C=O) groups is 1. The molecule has 6 rings (SSSR count). The van der Waals surface area contributed by atoms with Crippen molar-refractivity contribution in [3.05, 3.63) is 54.3 Å². The fourth-order valence-electron chi connectivity index (χ4n) is 4.94. The number of rotatable bonds is 5. The average Bonchev–Trinajstić information content (AvgIpc) is 3.19. The van der Waals surface area contributed by atoms with Gasteiger partial charge in [0.2, 0.25) is 0 Å². The Kier molecular flexibility index (Phi) is 4.44. The molecule has 3 aliphatic heterocycles. The molecule has 2 bridgehead atoms. The van der Waals surface area contributed by atoms with E-state index in [4.69, 9.17) is 9.15 Å². The molecule has 4 nitrogen and oxygen atoms in total. The van der Waals surface area contributed by atoms with Gasteiger partial charge in [0.25, 0.3) is 0 Å². The number of piperidine rings is 3. The van der Waals surface area contributed by atoms with Crippen molar-refractivity contribution in [3.8, 4) is 16.9 Å². The second-order valence-electron chi connectivity index (χ2n) is 8.06. The van der Waals surface area contributed by atoms with Crippen LogP contribution in [-0.2, 0) is 0 Å². The van der Waals surface area contributed by atoms with Crippen molar-refractivity contribution >= 4 is 16.8 Å². The van der Waals surface area contributed by atoms with Crippen LogP contribution in [0.15, 0.2) is 52.9 Å². The van der Waals surface area contributed by atoms with Gasteiger partial charge in [0.15, 0.2) is 11.5 Å². The number of furan rings is 1. The molecule has 0 unspecified atom stereocenters. The predicted octanol–water partition coefficient (Wildman–Crippen LogP) is 5.02. The lowest BCUT2D eigenvalue weighted by Gasteiger charge is -2.44. The van der Waals surface area contributed by atoms with E-state index in [0.717, 1.165) is 34.4 Å². The third-order valence-corrected chi connectivity index (χ3v) is 6.46. The number of ketones is 1. The zero-order chi connectivity index (χ0) is 19.1. The molecule has 0 amide bonds. The number of methoxy groups -OCH3 is 1. The highest BCUT2D eigenvalue weighted by atomic mass is 16.5. The van der Waals surface area contributed by atoms with Crippen molar-refractivity contribution in [2.75, 3.05) is 26.7 Å². The Labute approximate surface area is 165 Å². The second-order valence-corrected chi connectivity index (χ2v) is 8.06. The summed E-state index contributed by atoms with van der Waals surface area (Å²) in [4.78, 5) is 15.5. The normalized spacial score (nSPS) is 23.8. The molecule has 0 spiro atoms. The summed E-state index contributed by atoms with van der Waals surface area (Å²) in [5.41, 5.74) is 2.68. The molecule has 3 fully saturated rings. The third kappa shape index (κ3) is 3.02. The number of carbonyl (C=O) groups excluding carboxylic acids is 1. The Morgan fingerprint density at radius 1 is 1.11 bits per heavy atom. The summed E-state index contributed by atoms with van der Waals surface area (Å²) >= 11 is 0. The Balaban J connectivity index is 1.46. The summed E-state index contributed by atoms with van der Waals surface area (Å²) in [5.74, 6) is 2.57. The van der Waals surface area contributed by atoms with Crippen LogP contribution >= 0.6 is 0 Å². The Morgan fingerprint density at radius 3 is 2.64 bits per heavy atom. The van der Waals surface area contributed by atoms with Gasteiger partial charge in [-0.2, -0.15) is 0 Å². The minimum atomic E-state index is 0.126. The van der Waals surface area contributed by atoms with Gasteiger partial charge in [0, 0.05) is 29.5 Å². The molecule has 144 valence electrons. The van der Waals surface area contributed by atoms with E-state index in [9.17, 15) is 4.79 Å². The van der Waals surface area contributed by atoms with Crippen molar-refractivity contribution < 1.29 is 13.9 Å². The lowest BCUT2D eigenvalue weighted by molar-refractivity contribution is 0.0433. The van der Waals surface area contributed by atoms with Crippen LogP contribution < -0.4 is 4.74 Å². The van der Waals surface area contributed by atoms with Crippen LogP contribution in [0.1, 0.15) is 29.8 Å². The second kappa shape index (κ2) is 7.10. The zero-order valence-electron chi connectivity index (χ0n) is 16.2. The minimum Gasteiger partial charge on any atom is -0.496 e. The largest absolute Gasteiger partial charge is 0.496 e. The third-order valence-electron chi connectivity index (χ3n) is 6.46. The van der Waals surface area contributed by atoms with Crippen LogP contribution in [-0.4, -0.2) is 37.4 Å². The first kappa shape index (κ1) is 17.5. The highest BCUT2D eigenvalue weighted by Crippen LogP contribution is 2.38. The van der Waals surface area contributed by atoms with Gasteiger partial charge in [0.1, 0.15) is 11.3 Å². The molecule has 0 aliphatic carbocycles. The highest BCUT2D eigenvalue weighted by Gasteiger charge is 2.35. The van der Waals surface area contributed by atoms with E-state index >= 15 is 0 Å². The predicted molar refractivity (Wildman–Crippen MR) is 110 cm³/mol. The number of hydrogen-bond donors (Lipinski definition) is 0. The van der Waals surface area contributed by atoms with Crippen molar-refractivity contribution in [1.82, 2.24) is 4.90 Å². The molecule has 3 saturated heterocycles. The van der Waals surface area contributed by atoms with E-state index in [-0.39, 0.29) is 5.78 Å². The van der Waals surface area contributed by atoms with Crippen molar-refractivity contribution in [3.63, 3.8) is 0 Å². The van der Waals surface area contributed by atoms with Crippen LogP contribution in [0, 0.1) is 11.8 Å². The van der Waals surface area contributed by atoms with E-state index in [2.05, 4.69) is 4.90 Å². The van der Waals surface area contributed by atoms with E-state index in [1.54, 1.807) is 7.11 Å². The minimum absolute atomic E-state index is 0.126. The summed E-state index contributed by atoms with van der Waals surface area (Å²) in [6.45, 7) is 3.45. The molecule has 4 heterocycles. The average molecular weight is 375 g/mol. The number of fused-ring (bicyclic) bond motifs is 4. The standard InChI is InChI=1S/C24H25NO3/c1-27-22-8-3-2-6-19(22)20-7-4-5-17-14-23(28-24(17)20)21(26)13-18-15-25-11-9-16(18)10-12-25/h2-8,14,16,18H,9-13,15H2,1H3/t18-/m0/s1. The molecule has 0 N–H and O–H groups in total. The molecular formula is C24H25NO3. The fourth-order valence-corrected chi connectivity index (χ4v) is 4.94. The number of nitrogens with zero attached hydrogens (tertiary/aromatic N) is 1. The van der Waals surface area contributed by atoms with E-state index in [1.165, 1.54) is 25.9 Å². The van der Waals surface area contributed by atoms with E-state index in [1.807, 2.05) is 48.5 Å². The summed E-state index contributed by atoms with van der Waals surface area (Å²) in [7, 11) is 1.67. The molecule has 0 saturated carbocycles. The van der Waals surface area contributed by atoms with Gasteiger partial charge in [-0.1, -0.05) is 36.4 Å². The van der Waals surface area contributed by atoms with Crippen molar-refractivity contribution in [1.29, 1.82) is 0 Å². The van der Waals surface area contributed by atoms with Crippen molar-refractivity contribution in [2.45, 2.75) is 19.3 Å². The van der Waals surface area contributed by atoms with Crippen LogP contribution in [0.2, 0.25) is 0 Å². The van der Waals surface area contributed by atoms with Gasteiger partial charge in [-0.25, -0.2) is 0 Å². The Morgan fingerprint density at radius 2 is 1.89 bits per heavy atom. The molecular weight excluding hydrogens is 350 g/mol. The van der Waals surface area contributed by atoms with E-state index < -0.39 is 0 Å². The lowest BCUT2D eigenvalue weighted by atomic mass is 9.76. The molecule has 28 heavy (non-hydrogen) atoms. The highest BCUT2D eigenvalue weighted by molar-refractivity contribution is 6.01. The van der Waals surface area contributed by atoms with Crippen LogP contribution in [0.3, 0.4) is 0 Å². The molecule has 1 atom stereocenters. The molecule has 1 aromatic heterocycles. The molecule has 3 aliphatic rings.